The predicted molar refractivity (Wildman–Crippen MR) is 83.2 cm³/mol. The standard InChI is InChI=1S/C17H20F3NO3/c1-5-12(11-9-7-6-8-10-11)13(14(22)24-16(2,3)4)21-15(23)17(18,19)20/h5-10,12-13H,1H2,2-4H3,(H,21,23)/t12?,13-/m0/s1. The molecule has 0 saturated carbocycles. The summed E-state index contributed by atoms with van der Waals surface area (Å²) in [7, 11) is 0. The zero-order valence-corrected chi connectivity index (χ0v) is 13.7. The lowest BCUT2D eigenvalue weighted by Crippen LogP contribution is -2.51. The molecule has 0 radical (unpaired) electrons. The van der Waals surface area contributed by atoms with Gasteiger partial charge in [0.2, 0.25) is 0 Å². The number of benzene rings is 1. The van der Waals surface area contributed by atoms with Gasteiger partial charge in [0.1, 0.15) is 11.6 Å². The minimum atomic E-state index is -5.11. The largest absolute Gasteiger partial charge is 0.471 e. The van der Waals surface area contributed by atoms with Crippen LogP contribution in [0.2, 0.25) is 0 Å². The topological polar surface area (TPSA) is 55.4 Å². The summed E-state index contributed by atoms with van der Waals surface area (Å²) in [5.41, 5.74) is -0.383. The normalized spacial score (nSPS) is 14.4. The van der Waals surface area contributed by atoms with Gasteiger partial charge in [-0.3, -0.25) is 4.79 Å². The molecule has 0 aromatic heterocycles. The fourth-order valence-electron chi connectivity index (χ4n) is 2.02. The van der Waals surface area contributed by atoms with Gasteiger partial charge in [-0.25, -0.2) is 4.79 Å². The molecule has 7 heteroatoms. The quantitative estimate of drug-likeness (QED) is 0.659. The molecule has 1 aromatic rings. The monoisotopic (exact) mass is 343 g/mol. The summed E-state index contributed by atoms with van der Waals surface area (Å²) in [5, 5.41) is 1.72. The van der Waals surface area contributed by atoms with Gasteiger partial charge in [-0.05, 0) is 26.3 Å². The zero-order valence-electron chi connectivity index (χ0n) is 13.7. The van der Waals surface area contributed by atoms with Crippen LogP contribution in [0.3, 0.4) is 0 Å². The summed E-state index contributed by atoms with van der Waals surface area (Å²) in [6, 6.07) is 6.78. The molecule has 1 unspecified atom stereocenters. The van der Waals surface area contributed by atoms with Crippen LogP contribution in [0.15, 0.2) is 43.0 Å². The van der Waals surface area contributed by atoms with Crippen molar-refractivity contribution in [3.05, 3.63) is 48.6 Å². The minimum Gasteiger partial charge on any atom is -0.458 e. The fraction of sp³-hybridized carbons (Fsp3) is 0.412. The Morgan fingerprint density at radius 1 is 1.17 bits per heavy atom. The molecule has 0 saturated heterocycles. The van der Waals surface area contributed by atoms with E-state index in [9.17, 15) is 22.8 Å². The average Bonchev–Trinajstić information content (AvgIpc) is 2.45. The molecule has 0 aliphatic heterocycles. The molecule has 2 atom stereocenters. The van der Waals surface area contributed by atoms with Gasteiger partial charge in [-0.2, -0.15) is 13.2 Å². The van der Waals surface area contributed by atoms with E-state index in [0.717, 1.165) is 0 Å². The first-order chi connectivity index (χ1) is 11.0. The molecule has 4 nitrogen and oxygen atoms in total. The van der Waals surface area contributed by atoms with Crippen molar-refractivity contribution in [2.45, 2.75) is 44.5 Å². The summed E-state index contributed by atoms with van der Waals surface area (Å²) in [5.74, 6) is -4.04. The van der Waals surface area contributed by atoms with Crippen molar-refractivity contribution < 1.29 is 27.5 Å². The molecular weight excluding hydrogens is 323 g/mol. The average molecular weight is 343 g/mol. The van der Waals surface area contributed by atoms with Crippen LogP contribution >= 0.6 is 0 Å². The predicted octanol–water partition coefficient (Wildman–Crippen LogP) is 3.35. The highest BCUT2D eigenvalue weighted by Crippen LogP contribution is 2.25. The summed E-state index contributed by atoms with van der Waals surface area (Å²) in [4.78, 5) is 23.7. The number of ether oxygens (including phenoxy) is 1. The Labute approximate surface area is 138 Å². The van der Waals surface area contributed by atoms with Crippen molar-refractivity contribution in [1.29, 1.82) is 0 Å². The van der Waals surface area contributed by atoms with Crippen LogP contribution in [0.4, 0.5) is 13.2 Å². The number of hydrogen-bond acceptors (Lipinski definition) is 3. The smallest absolute Gasteiger partial charge is 0.458 e. The number of halogens is 3. The van der Waals surface area contributed by atoms with E-state index in [1.807, 2.05) is 0 Å². The van der Waals surface area contributed by atoms with Crippen molar-refractivity contribution >= 4 is 11.9 Å². The number of nitrogens with one attached hydrogen (secondary N) is 1. The Hall–Kier alpha value is -2.31. The molecule has 132 valence electrons. The first-order valence-corrected chi connectivity index (χ1v) is 7.24. The Bertz CT molecular complexity index is 591. The SMILES string of the molecule is C=CC(c1ccccc1)[C@H](NC(=O)C(F)(F)F)C(=O)OC(C)(C)C. The highest BCUT2D eigenvalue weighted by molar-refractivity contribution is 5.88. The van der Waals surface area contributed by atoms with Gasteiger partial charge >= 0.3 is 18.1 Å². The molecule has 0 aliphatic carbocycles. The van der Waals surface area contributed by atoms with E-state index in [1.165, 1.54) is 6.08 Å². The third-order valence-electron chi connectivity index (χ3n) is 3.00. The number of alkyl halides is 3. The maximum Gasteiger partial charge on any atom is 0.471 e. The first-order valence-electron chi connectivity index (χ1n) is 7.24. The van der Waals surface area contributed by atoms with Crippen LogP contribution in [-0.2, 0) is 14.3 Å². The molecule has 1 rings (SSSR count). The summed E-state index contributed by atoms with van der Waals surface area (Å²) in [6.07, 6.45) is -3.80. The second kappa shape index (κ2) is 7.51. The maximum atomic E-state index is 12.6. The van der Waals surface area contributed by atoms with Crippen LogP contribution in [-0.4, -0.2) is 29.7 Å². The van der Waals surface area contributed by atoms with Crippen molar-refractivity contribution in [3.63, 3.8) is 0 Å². The Balaban J connectivity index is 3.18. The van der Waals surface area contributed by atoms with E-state index in [1.54, 1.807) is 56.4 Å². The molecule has 1 aromatic carbocycles. The lowest BCUT2D eigenvalue weighted by Gasteiger charge is -2.28. The van der Waals surface area contributed by atoms with Gasteiger partial charge in [0.15, 0.2) is 0 Å². The summed E-state index contributed by atoms with van der Waals surface area (Å²) in [6.45, 7) is 8.31. The fourth-order valence-corrected chi connectivity index (χ4v) is 2.02. The first kappa shape index (κ1) is 19.7. The Morgan fingerprint density at radius 3 is 2.12 bits per heavy atom. The molecule has 0 heterocycles. The van der Waals surface area contributed by atoms with Crippen LogP contribution in [0, 0.1) is 0 Å². The van der Waals surface area contributed by atoms with E-state index in [0.29, 0.717) is 5.56 Å². The van der Waals surface area contributed by atoms with E-state index >= 15 is 0 Å². The molecule has 0 fully saturated rings. The van der Waals surface area contributed by atoms with Crippen molar-refractivity contribution in [3.8, 4) is 0 Å². The molecule has 1 amide bonds. The van der Waals surface area contributed by atoms with E-state index in [-0.39, 0.29) is 0 Å². The van der Waals surface area contributed by atoms with E-state index < -0.39 is 35.6 Å². The van der Waals surface area contributed by atoms with Gasteiger partial charge in [0.25, 0.3) is 0 Å². The van der Waals surface area contributed by atoms with Crippen LogP contribution in [0.25, 0.3) is 0 Å². The number of carbonyl (C=O) groups excluding carboxylic acids is 2. The van der Waals surface area contributed by atoms with Gasteiger partial charge in [0.05, 0.1) is 0 Å². The van der Waals surface area contributed by atoms with Gasteiger partial charge < -0.3 is 10.1 Å². The Morgan fingerprint density at radius 2 is 1.71 bits per heavy atom. The maximum absolute atomic E-state index is 12.6. The van der Waals surface area contributed by atoms with Crippen molar-refractivity contribution in [2.75, 3.05) is 0 Å². The molecule has 1 N–H and O–H groups in total. The van der Waals surface area contributed by atoms with Crippen LogP contribution in [0.1, 0.15) is 32.3 Å². The number of hydrogen-bond donors (Lipinski definition) is 1. The summed E-state index contributed by atoms with van der Waals surface area (Å²) < 4.78 is 42.9. The molecule has 0 spiro atoms. The zero-order chi connectivity index (χ0) is 18.5. The molecular formula is C17H20F3NO3. The third kappa shape index (κ3) is 5.72. The van der Waals surface area contributed by atoms with Gasteiger partial charge in [0, 0.05) is 5.92 Å². The van der Waals surface area contributed by atoms with Crippen molar-refractivity contribution in [2.24, 2.45) is 0 Å². The summed E-state index contributed by atoms with van der Waals surface area (Å²) >= 11 is 0. The highest BCUT2D eigenvalue weighted by atomic mass is 19.4. The lowest BCUT2D eigenvalue weighted by atomic mass is 9.91. The van der Waals surface area contributed by atoms with E-state index in [2.05, 4.69) is 6.58 Å². The van der Waals surface area contributed by atoms with Crippen LogP contribution < -0.4 is 5.32 Å². The number of carbonyl (C=O) groups is 2. The second-order valence-corrected chi connectivity index (χ2v) is 6.15. The number of esters is 1. The van der Waals surface area contributed by atoms with Crippen LogP contribution in [0.5, 0.6) is 0 Å². The second-order valence-electron chi connectivity index (χ2n) is 6.15. The number of amides is 1. The highest BCUT2D eigenvalue weighted by Gasteiger charge is 2.43. The molecule has 24 heavy (non-hydrogen) atoms. The van der Waals surface area contributed by atoms with Gasteiger partial charge in [-0.15, -0.1) is 6.58 Å². The van der Waals surface area contributed by atoms with Gasteiger partial charge in [-0.1, -0.05) is 36.4 Å². The molecule has 0 aliphatic rings. The van der Waals surface area contributed by atoms with E-state index in [4.69, 9.17) is 4.74 Å². The number of rotatable bonds is 5. The Kier molecular flexibility index (Phi) is 6.17. The minimum absolute atomic E-state index is 0.533. The van der Waals surface area contributed by atoms with Crippen molar-refractivity contribution in [1.82, 2.24) is 5.32 Å². The lowest BCUT2D eigenvalue weighted by molar-refractivity contribution is -0.177. The molecule has 0 bridgehead atoms. The third-order valence-corrected chi connectivity index (χ3v) is 3.00.